The highest BCUT2D eigenvalue weighted by atomic mass is 79.9. The normalized spacial score (nSPS) is 18.9. The maximum Gasteiger partial charge on any atom is 0.0422 e. The Morgan fingerprint density at radius 1 is 1.38 bits per heavy atom. The predicted molar refractivity (Wildman–Crippen MR) is 75.8 cm³/mol. The van der Waals surface area contributed by atoms with Crippen molar-refractivity contribution in [2.45, 2.75) is 36.2 Å². The zero-order chi connectivity index (χ0) is 11.4. The fourth-order valence-electron chi connectivity index (χ4n) is 2.23. The van der Waals surface area contributed by atoms with Crippen LogP contribution in [0.3, 0.4) is 0 Å². The summed E-state index contributed by atoms with van der Waals surface area (Å²) in [5, 5.41) is 1.29. The molecule has 2 rings (SSSR count). The lowest BCUT2D eigenvalue weighted by atomic mass is 10.1. The Kier molecular flexibility index (Phi) is 4.74. The first kappa shape index (κ1) is 12.5. The lowest BCUT2D eigenvalue weighted by molar-refractivity contribution is 0.873. The van der Waals surface area contributed by atoms with Crippen LogP contribution in [0.15, 0.2) is 28.7 Å². The van der Waals surface area contributed by atoms with Gasteiger partial charge in [-0.05, 0) is 30.5 Å². The summed E-state index contributed by atoms with van der Waals surface area (Å²) in [4.78, 5) is 0. The van der Waals surface area contributed by atoms with Crippen LogP contribution in [0.2, 0.25) is 0 Å². The van der Waals surface area contributed by atoms with E-state index >= 15 is 0 Å². The minimum absolute atomic E-state index is 0.459. The molecule has 1 aliphatic rings. The fraction of sp³-hybridized carbons (Fsp3) is 0.538. The molecule has 1 saturated carbocycles. The van der Waals surface area contributed by atoms with Crippen molar-refractivity contribution in [1.29, 1.82) is 0 Å². The Labute approximate surface area is 110 Å². The minimum atomic E-state index is 0.459. The third kappa shape index (κ3) is 3.25. The van der Waals surface area contributed by atoms with Gasteiger partial charge >= 0.3 is 0 Å². The van der Waals surface area contributed by atoms with E-state index in [1.165, 1.54) is 31.2 Å². The first-order valence-corrected chi connectivity index (χ1v) is 7.64. The van der Waals surface area contributed by atoms with Crippen LogP contribution in [0.5, 0.6) is 0 Å². The largest absolute Gasteiger partial charge is 0.329 e. The van der Waals surface area contributed by atoms with E-state index in [4.69, 9.17) is 5.73 Å². The Hall–Kier alpha value is 0.01000. The molecule has 0 aromatic heterocycles. The Bertz CT molecular complexity index is 336. The minimum Gasteiger partial charge on any atom is -0.329 e. The van der Waals surface area contributed by atoms with Gasteiger partial charge in [0.1, 0.15) is 0 Å². The topological polar surface area (TPSA) is 26.0 Å². The van der Waals surface area contributed by atoms with Gasteiger partial charge in [-0.1, -0.05) is 40.9 Å². The molecule has 1 aromatic carbocycles. The van der Waals surface area contributed by atoms with Gasteiger partial charge in [0.15, 0.2) is 0 Å². The van der Waals surface area contributed by atoms with Gasteiger partial charge in [0, 0.05) is 21.5 Å². The molecule has 0 spiro atoms. The summed E-state index contributed by atoms with van der Waals surface area (Å²) in [7, 11) is 0. The maximum atomic E-state index is 5.90. The van der Waals surface area contributed by atoms with Gasteiger partial charge in [0.05, 0.1) is 0 Å². The summed E-state index contributed by atoms with van der Waals surface area (Å²) in [6.45, 7) is 0.734. The van der Waals surface area contributed by atoms with Crippen molar-refractivity contribution in [1.82, 2.24) is 0 Å². The number of rotatable bonds is 4. The highest BCUT2D eigenvalue weighted by Gasteiger charge is 2.20. The van der Waals surface area contributed by atoms with E-state index in [1.807, 2.05) is 0 Å². The molecule has 1 unspecified atom stereocenters. The quantitative estimate of drug-likeness (QED) is 0.905. The van der Waals surface area contributed by atoms with Gasteiger partial charge in [0.2, 0.25) is 0 Å². The van der Waals surface area contributed by atoms with E-state index in [2.05, 4.69) is 52.0 Å². The lowest BCUT2D eigenvalue weighted by Crippen LogP contribution is -2.12. The highest BCUT2D eigenvalue weighted by molar-refractivity contribution is 9.10. The van der Waals surface area contributed by atoms with Crippen LogP contribution in [0, 0.1) is 0 Å². The SMILES string of the molecule is NCC(SC1CCCC1)c1cccc(Br)c1. The van der Waals surface area contributed by atoms with Crippen molar-refractivity contribution >= 4 is 27.7 Å². The molecule has 88 valence electrons. The molecule has 0 saturated heterocycles. The number of hydrogen-bond acceptors (Lipinski definition) is 2. The third-order valence-corrected chi connectivity index (χ3v) is 5.24. The van der Waals surface area contributed by atoms with Crippen LogP contribution in [0.4, 0.5) is 0 Å². The van der Waals surface area contributed by atoms with E-state index in [-0.39, 0.29) is 0 Å². The molecule has 1 nitrogen and oxygen atoms in total. The summed E-state index contributed by atoms with van der Waals surface area (Å²) < 4.78 is 1.15. The smallest absolute Gasteiger partial charge is 0.0422 e. The molecule has 2 N–H and O–H groups in total. The van der Waals surface area contributed by atoms with Gasteiger partial charge in [0.25, 0.3) is 0 Å². The summed E-state index contributed by atoms with van der Waals surface area (Å²) in [5.74, 6) is 0. The van der Waals surface area contributed by atoms with Crippen molar-refractivity contribution in [3.05, 3.63) is 34.3 Å². The molecule has 0 heterocycles. The third-order valence-electron chi connectivity index (χ3n) is 3.09. The molecule has 1 aliphatic carbocycles. The first-order valence-electron chi connectivity index (χ1n) is 5.90. The Morgan fingerprint density at radius 2 is 2.12 bits per heavy atom. The van der Waals surface area contributed by atoms with E-state index in [0.717, 1.165) is 16.3 Å². The van der Waals surface area contributed by atoms with Gasteiger partial charge in [-0.25, -0.2) is 0 Å². The molecule has 1 atom stereocenters. The molecule has 1 aromatic rings. The molecule has 16 heavy (non-hydrogen) atoms. The second kappa shape index (κ2) is 6.08. The van der Waals surface area contributed by atoms with Gasteiger partial charge < -0.3 is 5.73 Å². The van der Waals surface area contributed by atoms with Gasteiger partial charge in [-0.3, -0.25) is 0 Å². The zero-order valence-electron chi connectivity index (χ0n) is 9.36. The van der Waals surface area contributed by atoms with E-state index in [0.29, 0.717) is 5.25 Å². The van der Waals surface area contributed by atoms with Crippen LogP contribution in [-0.4, -0.2) is 11.8 Å². The van der Waals surface area contributed by atoms with Crippen LogP contribution < -0.4 is 5.73 Å². The van der Waals surface area contributed by atoms with Crippen LogP contribution in [0.25, 0.3) is 0 Å². The van der Waals surface area contributed by atoms with Gasteiger partial charge in [-0.2, -0.15) is 0 Å². The predicted octanol–water partition coefficient (Wildman–Crippen LogP) is 4.12. The van der Waals surface area contributed by atoms with Crippen molar-refractivity contribution in [2.75, 3.05) is 6.54 Å². The van der Waals surface area contributed by atoms with E-state index < -0.39 is 0 Å². The Balaban J connectivity index is 2.03. The van der Waals surface area contributed by atoms with Crippen LogP contribution >= 0.6 is 27.7 Å². The molecule has 3 heteroatoms. The monoisotopic (exact) mass is 299 g/mol. The number of thioether (sulfide) groups is 1. The maximum absolute atomic E-state index is 5.90. The number of halogens is 1. The van der Waals surface area contributed by atoms with Crippen LogP contribution in [0.1, 0.15) is 36.5 Å². The van der Waals surface area contributed by atoms with E-state index in [9.17, 15) is 0 Å². The average Bonchev–Trinajstić information content (AvgIpc) is 2.78. The van der Waals surface area contributed by atoms with Gasteiger partial charge in [-0.15, -0.1) is 11.8 Å². The summed E-state index contributed by atoms with van der Waals surface area (Å²) in [6, 6.07) is 8.54. The average molecular weight is 300 g/mol. The van der Waals surface area contributed by atoms with Crippen molar-refractivity contribution in [3.63, 3.8) is 0 Å². The van der Waals surface area contributed by atoms with Crippen molar-refractivity contribution < 1.29 is 0 Å². The first-order chi connectivity index (χ1) is 7.79. The Morgan fingerprint density at radius 3 is 2.75 bits per heavy atom. The number of nitrogens with two attached hydrogens (primary N) is 1. The van der Waals surface area contributed by atoms with Crippen molar-refractivity contribution in [2.24, 2.45) is 5.73 Å². The standard InChI is InChI=1S/C13H18BrNS/c14-11-5-3-4-10(8-11)13(9-15)16-12-6-1-2-7-12/h3-5,8,12-13H,1-2,6-7,9,15H2. The molecular formula is C13H18BrNS. The fourth-order valence-corrected chi connectivity index (χ4v) is 4.14. The molecular weight excluding hydrogens is 282 g/mol. The molecule has 1 fully saturated rings. The second-order valence-corrected chi connectivity index (χ2v) is 6.75. The van der Waals surface area contributed by atoms with Crippen molar-refractivity contribution in [3.8, 4) is 0 Å². The highest BCUT2D eigenvalue weighted by Crippen LogP contribution is 2.39. The zero-order valence-corrected chi connectivity index (χ0v) is 11.8. The van der Waals surface area contributed by atoms with E-state index in [1.54, 1.807) is 0 Å². The summed E-state index contributed by atoms with van der Waals surface area (Å²) in [5.41, 5.74) is 7.25. The molecule has 0 radical (unpaired) electrons. The lowest BCUT2D eigenvalue weighted by Gasteiger charge is -2.19. The number of benzene rings is 1. The summed E-state index contributed by atoms with van der Waals surface area (Å²) >= 11 is 5.59. The molecule has 0 amide bonds. The molecule has 0 bridgehead atoms. The number of hydrogen-bond donors (Lipinski definition) is 1. The van der Waals surface area contributed by atoms with Crippen LogP contribution in [-0.2, 0) is 0 Å². The second-order valence-electron chi connectivity index (χ2n) is 4.32. The summed E-state index contributed by atoms with van der Waals surface area (Å²) in [6.07, 6.45) is 5.53. The molecule has 0 aliphatic heterocycles.